The lowest BCUT2D eigenvalue weighted by molar-refractivity contribution is -0.274. The molecule has 0 spiro atoms. The van der Waals surface area contributed by atoms with Gasteiger partial charge in [-0.15, -0.1) is 13.2 Å². The average Bonchev–Trinajstić information content (AvgIpc) is 2.55. The number of nitrogens with zero attached hydrogens (tertiary/aromatic N) is 1. The predicted molar refractivity (Wildman–Crippen MR) is 83.6 cm³/mol. The molecule has 1 fully saturated rings. The van der Waals surface area contributed by atoms with E-state index in [1.807, 2.05) is 24.3 Å². The van der Waals surface area contributed by atoms with Gasteiger partial charge >= 0.3 is 6.36 Å². The molecule has 2 aromatic carbocycles. The topological polar surface area (TPSA) is 24.5 Å². The molecule has 0 radical (unpaired) electrons. The minimum atomic E-state index is -4.66. The van der Waals surface area contributed by atoms with E-state index < -0.39 is 6.36 Å². The molecule has 1 N–H and O–H groups in total. The van der Waals surface area contributed by atoms with Crippen molar-refractivity contribution in [2.75, 3.05) is 31.1 Å². The molecule has 0 bridgehead atoms. The smallest absolute Gasteiger partial charge is 0.406 e. The molecule has 6 heteroatoms. The van der Waals surface area contributed by atoms with E-state index in [1.165, 1.54) is 12.1 Å². The van der Waals surface area contributed by atoms with Crippen LogP contribution in [-0.2, 0) is 0 Å². The van der Waals surface area contributed by atoms with Crippen molar-refractivity contribution in [2.45, 2.75) is 6.36 Å². The summed E-state index contributed by atoms with van der Waals surface area (Å²) in [6, 6.07) is 14.0. The summed E-state index contributed by atoms with van der Waals surface area (Å²) in [5.41, 5.74) is 2.97. The number of nitrogens with one attached hydrogen (secondary N) is 1. The first-order valence-corrected chi connectivity index (χ1v) is 7.43. The molecule has 3 rings (SSSR count). The minimum absolute atomic E-state index is 0.210. The highest BCUT2D eigenvalue weighted by molar-refractivity contribution is 5.67. The molecule has 1 aliphatic rings. The molecule has 0 aromatic heterocycles. The van der Waals surface area contributed by atoms with Crippen molar-refractivity contribution in [3.8, 4) is 16.9 Å². The predicted octanol–water partition coefficient (Wildman–Crippen LogP) is 3.66. The number of hydrogen-bond donors (Lipinski definition) is 1. The molecular formula is C17H17F3N2O. The van der Waals surface area contributed by atoms with Crippen LogP contribution in [0.15, 0.2) is 48.5 Å². The molecule has 1 aliphatic heterocycles. The maximum Gasteiger partial charge on any atom is 0.573 e. The van der Waals surface area contributed by atoms with E-state index in [0.717, 1.165) is 43.0 Å². The Hall–Kier alpha value is -2.21. The zero-order valence-electron chi connectivity index (χ0n) is 12.4. The second-order valence-electron chi connectivity index (χ2n) is 5.36. The summed E-state index contributed by atoms with van der Waals surface area (Å²) >= 11 is 0. The molecule has 1 heterocycles. The number of alkyl halides is 3. The number of ether oxygens (including phenoxy) is 1. The van der Waals surface area contributed by atoms with Crippen molar-refractivity contribution in [3.05, 3.63) is 48.5 Å². The third-order valence-electron chi connectivity index (χ3n) is 3.77. The third-order valence-corrected chi connectivity index (χ3v) is 3.77. The van der Waals surface area contributed by atoms with E-state index in [4.69, 9.17) is 0 Å². The molecule has 0 atom stereocenters. The van der Waals surface area contributed by atoms with Gasteiger partial charge in [0.15, 0.2) is 0 Å². The van der Waals surface area contributed by atoms with Crippen LogP contribution in [0, 0.1) is 0 Å². The van der Waals surface area contributed by atoms with E-state index in [1.54, 1.807) is 12.1 Å². The van der Waals surface area contributed by atoms with Crippen LogP contribution in [0.4, 0.5) is 18.9 Å². The van der Waals surface area contributed by atoms with Gasteiger partial charge in [0.25, 0.3) is 0 Å². The van der Waals surface area contributed by atoms with E-state index in [9.17, 15) is 13.2 Å². The molecule has 3 nitrogen and oxygen atoms in total. The largest absolute Gasteiger partial charge is 0.573 e. The van der Waals surface area contributed by atoms with Crippen molar-refractivity contribution in [3.63, 3.8) is 0 Å². The van der Waals surface area contributed by atoms with Gasteiger partial charge in [-0.3, -0.25) is 0 Å². The quantitative estimate of drug-likeness (QED) is 0.933. The van der Waals surface area contributed by atoms with Crippen LogP contribution in [0.5, 0.6) is 5.75 Å². The molecule has 0 aliphatic carbocycles. The van der Waals surface area contributed by atoms with Crippen LogP contribution in [-0.4, -0.2) is 32.5 Å². The number of halogens is 3. The highest BCUT2D eigenvalue weighted by Crippen LogP contribution is 2.27. The molecule has 1 saturated heterocycles. The van der Waals surface area contributed by atoms with Crippen LogP contribution in [0.25, 0.3) is 11.1 Å². The molecule has 0 unspecified atom stereocenters. The van der Waals surface area contributed by atoms with Crippen molar-refractivity contribution >= 4 is 5.69 Å². The molecule has 0 amide bonds. The second-order valence-corrected chi connectivity index (χ2v) is 5.36. The van der Waals surface area contributed by atoms with Gasteiger partial charge in [0.1, 0.15) is 5.75 Å². The molecule has 122 valence electrons. The highest BCUT2D eigenvalue weighted by atomic mass is 19.4. The molecule has 0 saturated carbocycles. The Kier molecular flexibility index (Phi) is 4.43. The average molecular weight is 322 g/mol. The first kappa shape index (κ1) is 15.7. The Labute approximate surface area is 132 Å². The summed E-state index contributed by atoms with van der Waals surface area (Å²) in [4.78, 5) is 2.31. The first-order valence-electron chi connectivity index (χ1n) is 7.43. The Bertz CT molecular complexity index is 632. The monoisotopic (exact) mass is 322 g/mol. The first-order chi connectivity index (χ1) is 11.0. The number of benzene rings is 2. The molecule has 2 aromatic rings. The Morgan fingerprint density at radius 3 is 1.87 bits per heavy atom. The van der Waals surface area contributed by atoms with Crippen molar-refractivity contribution < 1.29 is 17.9 Å². The van der Waals surface area contributed by atoms with Gasteiger partial charge in [-0.25, -0.2) is 0 Å². The summed E-state index contributed by atoms with van der Waals surface area (Å²) in [7, 11) is 0. The summed E-state index contributed by atoms with van der Waals surface area (Å²) in [6.07, 6.45) is -4.66. The van der Waals surface area contributed by atoms with Crippen LogP contribution in [0.1, 0.15) is 0 Å². The molecule has 23 heavy (non-hydrogen) atoms. The standard InChI is InChI=1S/C17H17F3N2O/c18-17(19,20)23-16-7-3-14(4-8-16)13-1-5-15(6-2-13)22-11-9-21-10-12-22/h1-8,21H,9-12H2. The second kappa shape index (κ2) is 6.50. The van der Waals surface area contributed by atoms with Gasteiger partial charge in [0, 0.05) is 31.9 Å². The van der Waals surface area contributed by atoms with Crippen LogP contribution >= 0.6 is 0 Å². The minimum Gasteiger partial charge on any atom is -0.406 e. The van der Waals surface area contributed by atoms with Crippen molar-refractivity contribution in [1.29, 1.82) is 0 Å². The Morgan fingerprint density at radius 1 is 0.826 bits per heavy atom. The zero-order valence-corrected chi connectivity index (χ0v) is 12.4. The fourth-order valence-electron chi connectivity index (χ4n) is 2.64. The normalized spacial score (nSPS) is 15.5. The van der Waals surface area contributed by atoms with Gasteiger partial charge in [0.2, 0.25) is 0 Å². The summed E-state index contributed by atoms with van der Waals surface area (Å²) in [5.74, 6) is -0.210. The third kappa shape index (κ3) is 4.16. The summed E-state index contributed by atoms with van der Waals surface area (Å²) in [6.45, 7) is 3.90. The van der Waals surface area contributed by atoms with Gasteiger partial charge < -0.3 is 15.0 Å². The van der Waals surface area contributed by atoms with Gasteiger partial charge in [-0.2, -0.15) is 0 Å². The number of hydrogen-bond acceptors (Lipinski definition) is 3. The fourth-order valence-corrected chi connectivity index (χ4v) is 2.64. The fraction of sp³-hybridized carbons (Fsp3) is 0.294. The van der Waals surface area contributed by atoms with E-state index in [-0.39, 0.29) is 5.75 Å². The summed E-state index contributed by atoms with van der Waals surface area (Å²) in [5, 5.41) is 3.31. The van der Waals surface area contributed by atoms with Gasteiger partial charge in [-0.1, -0.05) is 24.3 Å². The Balaban J connectivity index is 1.71. The van der Waals surface area contributed by atoms with Crippen molar-refractivity contribution in [1.82, 2.24) is 5.32 Å². The zero-order chi connectivity index (χ0) is 16.3. The SMILES string of the molecule is FC(F)(F)Oc1ccc(-c2ccc(N3CCNCC3)cc2)cc1. The van der Waals surface area contributed by atoms with E-state index in [2.05, 4.69) is 15.0 Å². The highest BCUT2D eigenvalue weighted by Gasteiger charge is 2.30. The maximum atomic E-state index is 12.2. The maximum absolute atomic E-state index is 12.2. The summed E-state index contributed by atoms with van der Waals surface area (Å²) < 4.78 is 40.3. The lowest BCUT2D eigenvalue weighted by atomic mass is 10.0. The van der Waals surface area contributed by atoms with Crippen LogP contribution < -0.4 is 15.0 Å². The van der Waals surface area contributed by atoms with Crippen LogP contribution in [0.3, 0.4) is 0 Å². The number of piperazine rings is 1. The van der Waals surface area contributed by atoms with Crippen LogP contribution in [0.2, 0.25) is 0 Å². The Morgan fingerprint density at radius 2 is 1.35 bits per heavy atom. The van der Waals surface area contributed by atoms with E-state index in [0.29, 0.717) is 0 Å². The lowest BCUT2D eigenvalue weighted by Gasteiger charge is -2.29. The molecular weight excluding hydrogens is 305 g/mol. The lowest BCUT2D eigenvalue weighted by Crippen LogP contribution is -2.43. The van der Waals surface area contributed by atoms with Crippen molar-refractivity contribution in [2.24, 2.45) is 0 Å². The van der Waals surface area contributed by atoms with Gasteiger partial charge in [-0.05, 0) is 35.4 Å². The number of rotatable bonds is 3. The van der Waals surface area contributed by atoms with E-state index >= 15 is 0 Å². The number of anilines is 1. The van der Waals surface area contributed by atoms with Gasteiger partial charge in [0.05, 0.1) is 0 Å².